The number of thioether (sulfide) groups is 1. The summed E-state index contributed by atoms with van der Waals surface area (Å²) in [5, 5.41) is 11.0. The number of hydrogen-bond acceptors (Lipinski definition) is 6. The predicted molar refractivity (Wildman–Crippen MR) is 97.5 cm³/mol. The molecule has 2 N–H and O–H groups in total. The first-order valence-corrected chi connectivity index (χ1v) is 9.17. The quantitative estimate of drug-likeness (QED) is 0.680. The van der Waals surface area contributed by atoms with E-state index in [1.54, 1.807) is 0 Å². The van der Waals surface area contributed by atoms with Crippen LogP contribution in [-0.4, -0.2) is 31.8 Å². The molecule has 1 aromatic carbocycles. The van der Waals surface area contributed by atoms with Crippen LogP contribution in [0, 0.1) is 20.8 Å². The molecule has 3 rings (SSSR count). The fraction of sp³-hybridized carbons (Fsp3) is 0.250. The van der Waals surface area contributed by atoms with E-state index >= 15 is 0 Å². The molecule has 0 aliphatic heterocycles. The van der Waals surface area contributed by atoms with Gasteiger partial charge in [-0.15, -0.1) is 16.4 Å². The monoisotopic (exact) mass is 359 g/mol. The first-order chi connectivity index (χ1) is 11.5. The average molecular weight is 359 g/mol. The number of benzene rings is 1. The molecule has 2 heterocycles. The van der Waals surface area contributed by atoms with Gasteiger partial charge in [0.15, 0.2) is 11.0 Å². The second-order valence-corrected chi connectivity index (χ2v) is 7.48. The molecule has 0 aliphatic rings. The number of anilines is 1. The van der Waals surface area contributed by atoms with E-state index in [9.17, 15) is 4.79 Å². The van der Waals surface area contributed by atoms with Gasteiger partial charge < -0.3 is 5.32 Å². The number of H-pyrrole nitrogens is 1. The zero-order valence-corrected chi connectivity index (χ0v) is 15.2. The largest absolute Gasteiger partial charge is 0.301 e. The maximum absolute atomic E-state index is 12.0. The van der Waals surface area contributed by atoms with Crippen LogP contribution in [0.2, 0.25) is 0 Å². The van der Waals surface area contributed by atoms with Gasteiger partial charge in [-0.2, -0.15) is 0 Å². The topological polar surface area (TPSA) is 83.6 Å². The number of thiazole rings is 1. The summed E-state index contributed by atoms with van der Waals surface area (Å²) in [4.78, 5) is 21.8. The molecule has 0 saturated heterocycles. The van der Waals surface area contributed by atoms with Gasteiger partial charge in [-0.05, 0) is 26.8 Å². The molecule has 0 radical (unpaired) electrons. The summed E-state index contributed by atoms with van der Waals surface area (Å²) in [7, 11) is 0. The van der Waals surface area contributed by atoms with Gasteiger partial charge in [0, 0.05) is 10.4 Å². The van der Waals surface area contributed by atoms with Gasteiger partial charge in [-0.3, -0.25) is 9.89 Å². The third kappa shape index (κ3) is 4.01. The van der Waals surface area contributed by atoms with Crippen molar-refractivity contribution in [2.45, 2.75) is 25.9 Å². The molecule has 124 valence electrons. The second kappa shape index (κ2) is 7.14. The van der Waals surface area contributed by atoms with Crippen LogP contribution in [0.1, 0.15) is 16.1 Å². The zero-order valence-electron chi connectivity index (χ0n) is 13.6. The summed E-state index contributed by atoms with van der Waals surface area (Å²) in [5.74, 6) is 0.825. The van der Waals surface area contributed by atoms with Crippen molar-refractivity contribution < 1.29 is 4.79 Å². The standard InChI is InChI=1S/C16H17N5OS2/c1-9-5-4-6-12(7-9)14-19-16(21-20-14)23-8-13(22)18-15-17-10(2)11(3)24-15/h4-7H,8H2,1-3H3,(H,17,18,22)(H,19,20,21). The van der Waals surface area contributed by atoms with Gasteiger partial charge in [0.25, 0.3) is 0 Å². The molecule has 0 saturated carbocycles. The van der Waals surface area contributed by atoms with E-state index in [4.69, 9.17) is 0 Å². The molecular weight excluding hydrogens is 342 g/mol. The van der Waals surface area contributed by atoms with Gasteiger partial charge >= 0.3 is 0 Å². The lowest BCUT2D eigenvalue weighted by atomic mass is 10.1. The van der Waals surface area contributed by atoms with Gasteiger partial charge in [0.2, 0.25) is 11.1 Å². The van der Waals surface area contributed by atoms with Crippen molar-refractivity contribution in [1.82, 2.24) is 20.2 Å². The number of amides is 1. The molecule has 0 aliphatic carbocycles. The normalized spacial score (nSPS) is 10.8. The summed E-state index contributed by atoms with van der Waals surface area (Å²) in [6, 6.07) is 8.02. The fourth-order valence-electron chi connectivity index (χ4n) is 2.04. The zero-order chi connectivity index (χ0) is 17.1. The number of carbonyl (C=O) groups excluding carboxylic acids is 1. The summed E-state index contributed by atoms with van der Waals surface area (Å²) in [6.07, 6.45) is 0. The Morgan fingerprint density at radius 3 is 2.83 bits per heavy atom. The highest BCUT2D eigenvalue weighted by atomic mass is 32.2. The fourth-order valence-corrected chi connectivity index (χ4v) is 3.47. The Kier molecular flexibility index (Phi) is 4.96. The van der Waals surface area contributed by atoms with Crippen molar-refractivity contribution in [3.05, 3.63) is 40.4 Å². The van der Waals surface area contributed by atoms with E-state index in [0.717, 1.165) is 21.7 Å². The molecule has 6 nitrogen and oxygen atoms in total. The van der Waals surface area contributed by atoms with Crippen molar-refractivity contribution in [1.29, 1.82) is 0 Å². The van der Waals surface area contributed by atoms with E-state index in [0.29, 0.717) is 16.1 Å². The lowest BCUT2D eigenvalue weighted by Crippen LogP contribution is -2.13. The number of rotatable bonds is 5. The van der Waals surface area contributed by atoms with Gasteiger partial charge in [0.05, 0.1) is 11.4 Å². The number of nitrogens with one attached hydrogen (secondary N) is 2. The maximum Gasteiger partial charge on any atom is 0.236 e. The van der Waals surface area contributed by atoms with Gasteiger partial charge in [-0.1, -0.05) is 35.5 Å². The maximum atomic E-state index is 12.0. The lowest BCUT2D eigenvalue weighted by molar-refractivity contribution is -0.113. The van der Waals surface area contributed by atoms with Gasteiger partial charge in [-0.25, -0.2) is 9.97 Å². The van der Waals surface area contributed by atoms with Crippen molar-refractivity contribution >= 4 is 34.1 Å². The predicted octanol–water partition coefficient (Wildman–Crippen LogP) is 3.58. The van der Waals surface area contributed by atoms with Crippen LogP contribution in [0.15, 0.2) is 29.4 Å². The highest BCUT2D eigenvalue weighted by molar-refractivity contribution is 7.99. The first-order valence-electron chi connectivity index (χ1n) is 7.37. The highest BCUT2D eigenvalue weighted by Crippen LogP contribution is 2.22. The minimum absolute atomic E-state index is 0.115. The SMILES string of the molecule is Cc1cccc(-c2nc(SCC(=O)Nc3nc(C)c(C)s3)n[nH]2)c1. The molecule has 0 fully saturated rings. The smallest absolute Gasteiger partial charge is 0.236 e. The molecule has 1 amide bonds. The summed E-state index contributed by atoms with van der Waals surface area (Å²) < 4.78 is 0. The number of aromatic nitrogens is 4. The molecule has 0 atom stereocenters. The Morgan fingerprint density at radius 2 is 2.12 bits per heavy atom. The van der Waals surface area contributed by atoms with Crippen molar-refractivity contribution in [3.63, 3.8) is 0 Å². The van der Waals surface area contributed by atoms with Crippen LogP contribution in [0.4, 0.5) is 5.13 Å². The average Bonchev–Trinajstić information content (AvgIpc) is 3.13. The van der Waals surface area contributed by atoms with E-state index in [1.807, 2.05) is 45.0 Å². The number of aromatic amines is 1. The molecule has 0 spiro atoms. The molecular formula is C16H17N5OS2. The van der Waals surface area contributed by atoms with Crippen LogP contribution >= 0.6 is 23.1 Å². The van der Waals surface area contributed by atoms with E-state index in [1.165, 1.54) is 23.1 Å². The number of hydrogen-bond donors (Lipinski definition) is 2. The van der Waals surface area contributed by atoms with Crippen molar-refractivity contribution in [2.24, 2.45) is 0 Å². The van der Waals surface area contributed by atoms with Crippen LogP contribution in [0.25, 0.3) is 11.4 Å². The minimum atomic E-state index is -0.115. The van der Waals surface area contributed by atoms with Crippen LogP contribution in [0.3, 0.4) is 0 Å². The second-order valence-electron chi connectivity index (χ2n) is 5.33. The highest BCUT2D eigenvalue weighted by Gasteiger charge is 2.11. The van der Waals surface area contributed by atoms with E-state index in [-0.39, 0.29) is 11.7 Å². The van der Waals surface area contributed by atoms with Crippen molar-refractivity contribution in [2.75, 3.05) is 11.1 Å². The Morgan fingerprint density at radius 1 is 1.29 bits per heavy atom. The molecule has 24 heavy (non-hydrogen) atoms. The summed E-state index contributed by atoms with van der Waals surface area (Å²) in [6.45, 7) is 5.94. The van der Waals surface area contributed by atoms with Crippen LogP contribution in [0.5, 0.6) is 0 Å². The first kappa shape index (κ1) is 16.7. The molecule has 0 bridgehead atoms. The number of nitrogens with zero attached hydrogens (tertiary/aromatic N) is 3. The third-order valence-corrected chi connectivity index (χ3v) is 5.20. The van der Waals surface area contributed by atoms with Crippen LogP contribution < -0.4 is 5.32 Å². The number of aryl methyl sites for hydroxylation is 3. The van der Waals surface area contributed by atoms with E-state index < -0.39 is 0 Å². The lowest BCUT2D eigenvalue weighted by Gasteiger charge is -1.99. The third-order valence-electron chi connectivity index (χ3n) is 3.36. The Labute approximate surface area is 148 Å². The molecule has 0 unspecified atom stereocenters. The Balaban J connectivity index is 1.58. The molecule has 2 aromatic heterocycles. The van der Waals surface area contributed by atoms with Crippen molar-refractivity contribution in [3.8, 4) is 11.4 Å². The molecule has 8 heteroatoms. The van der Waals surface area contributed by atoms with Crippen LogP contribution in [-0.2, 0) is 4.79 Å². The Hall–Kier alpha value is -2.19. The molecule has 3 aromatic rings. The van der Waals surface area contributed by atoms with Gasteiger partial charge in [0.1, 0.15) is 0 Å². The van der Waals surface area contributed by atoms with E-state index in [2.05, 4.69) is 25.5 Å². The minimum Gasteiger partial charge on any atom is -0.301 e. The number of carbonyl (C=O) groups is 1. The summed E-state index contributed by atoms with van der Waals surface area (Å²) >= 11 is 2.77. The summed E-state index contributed by atoms with van der Waals surface area (Å²) in [5.41, 5.74) is 3.08. The Bertz CT molecular complexity index is 851.